The van der Waals surface area contributed by atoms with Crippen molar-refractivity contribution in [1.82, 2.24) is 9.62 Å². The van der Waals surface area contributed by atoms with Crippen LogP contribution in [0.3, 0.4) is 0 Å². The fourth-order valence-electron chi connectivity index (χ4n) is 3.32. The third-order valence-corrected chi connectivity index (χ3v) is 7.86. The van der Waals surface area contributed by atoms with E-state index in [1.165, 1.54) is 15.6 Å². The van der Waals surface area contributed by atoms with E-state index < -0.39 is 16.1 Å². The minimum absolute atomic E-state index is 0.124. The Morgan fingerprint density at radius 3 is 2.59 bits per heavy atom. The molecule has 0 bridgehead atoms. The Bertz CT molecular complexity index is 647. The van der Waals surface area contributed by atoms with Gasteiger partial charge in [0.1, 0.15) is 10.3 Å². The maximum absolute atomic E-state index is 12.8. The molecular formula is C15H22N2O3S2. The summed E-state index contributed by atoms with van der Waals surface area (Å²) in [5, 5.41) is 3.04. The Balaban J connectivity index is 1.76. The van der Waals surface area contributed by atoms with Crippen LogP contribution < -0.4 is 5.32 Å². The highest BCUT2D eigenvalue weighted by Crippen LogP contribution is 2.30. The average Bonchev–Trinajstić information content (AvgIpc) is 3.18. The third-order valence-electron chi connectivity index (χ3n) is 4.49. The van der Waals surface area contributed by atoms with Crippen molar-refractivity contribution in [2.24, 2.45) is 0 Å². The number of sulfonamides is 1. The van der Waals surface area contributed by atoms with Crippen LogP contribution in [-0.4, -0.2) is 37.3 Å². The summed E-state index contributed by atoms with van der Waals surface area (Å²) in [5.74, 6) is -0.124. The van der Waals surface area contributed by atoms with E-state index >= 15 is 0 Å². The smallest absolute Gasteiger partial charge is 0.253 e. The van der Waals surface area contributed by atoms with Gasteiger partial charge < -0.3 is 5.32 Å². The predicted molar refractivity (Wildman–Crippen MR) is 86.4 cm³/mol. The summed E-state index contributed by atoms with van der Waals surface area (Å²) in [5.41, 5.74) is 0. The van der Waals surface area contributed by atoms with Gasteiger partial charge in [0.05, 0.1) is 0 Å². The fraction of sp³-hybridized carbons (Fsp3) is 0.667. The first kappa shape index (κ1) is 16.0. The molecule has 1 amide bonds. The molecule has 5 nitrogen and oxygen atoms in total. The van der Waals surface area contributed by atoms with Gasteiger partial charge in [-0.3, -0.25) is 4.79 Å². The Labute approximate surface area is 135 Å². The lowest BCUT2D eigenvalue weighted by Gasteiger charge is -2.24. The van der Waals surface area contributed by atoms with E-state index in [1.807, 2.05) is 6.92 Å². The molecule has 2 aliphatic rings. The lowest BCUT2D eigenvalue weighted by Crippen LogP contribution is -2.48. The summed E-state index contributed by atoms with van der Waals surface area (Å²) < 4.78 is 27.2. The summed E-state index contributed by atoms with van der Waals surface area (Å²) >= 11 is 1.27. The molecule has 22 heavy (non-hydrogen) atoms. The molecule has 1 aliphatic carbocycles. The zero-order valence-electron chi connectivity index (χ0n) is 12.7. The van der Waals surface area contributed by atoms with Gasteiger partial charge in [-0.2, -0.15) is 4.31 Å². The summed E-state index contributed by atoms with van der Waals surface area (Å²) in [6.45, 7) is 2.32. The van der Waals surface area contributed by atoms with Gasteiger partial charge in [0.25, 0.3) is 10.0 Å². The number of rotatable bonds is 4. The maximum Gasteiger partial charge on any atom is 0.253 e. The maximum atomic E-state index is 12.8. The quantitative estimate of drug-likeness (QED) is 0.913. The van der Waals surface area contributed by atoms with Crippen LogP contribution in [0.25, 0.3) is 0 Å². The number of aryl methyl sites for hydroxylation is 1. The Kier molecular flexibility index (Phi) is 4.56. The first-order valence-corrected chi connectivity index (χ1v) is 10.1. The SMILES string of the molecule is Cc1ccc(S(=O)(=O)N2CCCC2C(=O)NC2CCCC2)s1. The summed E-state index contributed by atoms with van der Waals surface area (Å²) in [6.07, 6.45) is 5.66. The normalized spacial score (nSPS) is 24.0. The highest BCUT2D eigenvalue weighted by atomic mass is 32.2. The number of nitrogens with one attached hydrogen (secondary N) is 1. The van der Waals surface area contributed by atoms with E-state index in [9.17, 15) is 13.2 Å². The second-order valence-corrected chi connectivity index (χ2v) is 9.53. The molecule has 1 saturated heterocycles. The average molecular weight is 342 g/mol. The predicted octanol–water partition coefficient (Wildman–Crippen LogP) is 2.27. The molecule has 1 unspecified atom stereocenters. The molecular weight excluding hydrogens is 320 g/mol. The number of amides is 1. The van der Waals surface area contributed by atoms with Crippen LogP contribution >= 0.6 is 11.3 Å². The van der Waals surface area contributed by atoms with Crippen molar-refractivity contribution in [2.45, 2.75) is 61.7 Å². The van der Waals surface area contributed by atoms with Crippen LogP contribution in [0, 0.1) is 6.92 Å². The minimum Gasteiger partial charge on any atom is -0.352 e. The molecule has 0 radical (unpaired) electrons. The van der Waals surface area contributed by atoms with Crippen molar-refractivity contribution in [2.75, 3.05) is 6.54 Å². The topological polar surface area (TPSA) is 66.5 Å². The van der Waals surface area contributed by atoms with E-state index in [1.54, 1.807) is 12.1 Å². The molecule has 0 aromatic carbocycles. The van der Waals surface area contributed by atoms with Crippen LogP contribution in [-0.2, 0) is 14.8 Å². The van der Waals surface area contributed by atoms with Gasteiger partial charge in [-0.05, 0) is 44.7 Å². The number of thiophene rings is 1. The van der Waals surface area contributed by atoms with Crippen LogP contribution in [0.1, 0.15) is 43.4 Å². The molecule has 0 spiro atoms. The van der Waals surface area contributed by atoms with E-state index in [0.29, 0.717) is 17.2 Å². The van der Waals surface area contributed by atoms with Gasteiger partial charge in [-0.15, -0.1) is 11.3 Å². The molecule has 1 atom stereocenters. The molecule has 2 fully saturated rings. The molecule has 1 aliphatic heterocycles. The van der Waals surface area contributed by atoms with Gasteiger partial charge in [-0.1, -0.05) is 12.8 Å². The Morgan fingerprint density at radius 1 is 1.23 bits per heavy atom. The van der Waals surface area contributed by atoms with Crippen LogP contribution in [0.4, 0.5) is 0 Å². The first-order valence-electron chi connectivity index (χ1n) is 7.87. The number of hydrogen-bond donors (Lipinski definition) is 1. The van der Waals surface area contributed by atoms with E-state index in [-0.39, 0.29) is 11.9 Å². The highest BCUT2D eigenvalue weighted by molar-refractivity contribution is 7.91. The Hall–Kier alpha value is -0.920. The van der Waals surface area contributed by atoms with E-state index in [2.05, 4.69) is 5.32 Å². The van der Waals surface area contributed by atoms with Crippen molar-refractivity contribution in [3.05, 3.63) is 17.0 Å². The van der Waals surface area contributed by atoms with Crippen molar-refractivity contribution in [3.63, 3.8) is 0 Å². The Morgan fingerprint density at radius 2 is 1.95 bits per heavy atom. The molecule has 2 heterocycles. The van der Waals surface area contributed by atoms with Gasteiger partial charge in [0.2, 0.25) is 5.91 Å². The lowest BCUT2D eigenvalue weighted by atomic mass is 10.2. The molecule has 1 aromatic heterocycles. The van der Waals surface area contributed by atoms with Crippen molar-refractivity contribution >= 4 is 27.3 Å². The second kappa shape index (κ2) is 6.29. The fourth-order valence-corrected chi connectivity index (χ4v) is 6.39. The minimum atomic E-state index is -3.55. The molecule has 1 saturated carbocycles. The summed E-state index contributed by atoms with van der Waals surface area (Å²) in [4.78, 5) is 13.4. The standard InChI is InChI=1S/C15H22N2O3S2/c1-11-8-9-14(21-11)22(19,20)17-10-4-7-13(17)15(18)16-12-5-2-3-6-12/h8-9,12-13H,2-7,10H2,1H3,(H,16,18). The number of hydrogen-bond acceptors (Lipinski definition) is 4. The van der Waals surface area contributed by atoms with Crippen molar-refractivity contribution < 1.29 is 13.2 Å². The van der Waals surface area contributed by atoms with Crippen LogP contribution in [0.5, 0.6) is 0 Å². The second-order valence-electron chi connectivity index (χ2n) is 6.13. The van der Waals surface area contributed by atoms with Gasteiger partial charge in [-0.25, -0.2) is 8.42 Å². The van der Waals surface area contributed by atoms with Gasteiger partial charge >= 0.3 is 0 Å². The number of nitrogens with zero attached hydrogens (tertiary/aromatic N) is 1. The molecule has 1 N–H and O–H groups in total. The van der Waals surface area contributed by atoms with E-state index in [4.69, 9.17) is 0 Å². The third kappa shape index (κ3) is 3.07. The van der Waals surface area contributed by atoms with Crippen molar-refractivity contribution in [1.29, 1.82) is 0 Å². The van der Waals surface area contributed by atoms with Crippen LogP contribution in [0.15, 0.2) is 16.3 Å². The van der Waals surface area contributed by atoms with Gasteiger partial charge in [0.15, 0.2) is 0 Å². The molecule has 122 valence electrons. The summed E-state index contributed by atoms with van der Waals surface area (Å²) in [6, 6.07) is 3.12. The van der Waals surface area contributed by atoms with Gasteiger partial charge in [0, 0.05) is 17.5 Å². The highest BCUT2D eigenvalue weighted by Gasteiger charge is 2.40. The molecule has 3 rings (SSSR count). The zero-order valence-corrected chi connectivity index (χ0v) is 14.4. The lowest BCUT2D eigenvalue weighted by molar-refractivity contribution is -0.124. The van der Waals surface area contributed by atoms with Crippen molar-refractivity contribution in [3.8, 4) is 0 Å². The molecule has 1 aromatic rings. The summed E-state index contributed by atoms with van der Waals surface area (Å²) in [7, 11) is -3.55. The first-order chi connectivity index (χ1) is 10.5. The number of carbonyl (C=O) groups excluding carboxylic acids is 1. The largest absolute Gasteiger partial charge is 0.352 e. The monoisotopic (exact) mass is 342 g/mol. The number of carbonyl (C=O) groups is 1. The zero-order chi connectivity index (χ0) is 15.7. The molecule has 7 heteroatoms. The van der Waals surface area contributed by atoms with E-state index in [0.717, 1.165) is 37.0 Å². The van der Waals surface area contributed by atoms with Crippen LogP contribution in [0.2, 0.25) is 0 Å².